The van der Waals surface area contributed by atoms with Gasteiger partial charge < -0.3 is 20.8 Å². The van der Waals surface area contributed by atoms with Gasteiger partial charge in [0.05, 0.1) is 10.9 Å². The van der Waals surface area contributed by atoms with Gasteiger partial charge in [0.15, 0.2) is 0 Å². The van der Waals surface area contributed by atoms with Crippen molar-refractivity contribution in [3.8, 4) is 17.6 Å². The number of carbonyl (C=O) groups excluding carboxylic acids is 1. The van der Waals surface area contributed by atoms with E-state index in [1.807, 2.05) is 0 Å². The van der Waals surface area contributed by atoms with Crippen molar-refractivity contribution in [2.24, 2.45) is 0 Å². The number of H-pyrrole nitrogens is 1. The highest BCUT2D eigenvalue weighted by molar-refractivity contribution is 6.04. The van der Waals surface area contributed by atoms with Gasteiger partial charge in [-0.25, -0.2) is 9.97 Å². The Labute approximate surface area is 179 Å². The molecule has 0 fully saturated rings. The molecule has 0 aliphatic heterocycles. The van der Waals surface area contributed by atoms with E-state index in [2.05, 4.69) is 36.8 Å². The molecule has 0 saturated heterocycles. The third kappa shape index (κ3) is 4.79. The van der Waals surface area contributed by atoms with Gasteiger partial charge in [-0.15, -0.1) is 13.2 Å². The molecule has 2 heterocycles. The van der Waals surface area contributed by atoms with E-state index in [9.17, 15) is 18.0 Å². The Morgan fingerprint density at radius 3 is 2.72 bits per heavy atom. The molecule has 0 aliphatic rings. The molecule has 4 N–H and O–H groups in total. The van der Waals surface area contributed by atoms with E-state index in [0.29, 0.717) is 33.7 Å². The van der Waals surface area contributed by atoms with Crippen LogP contribution in [0, 0.1) is 11.8 Å². The van der Waals surface area contributed by atoms with Crippen molar-refractivity contribution in [3.63, 3.8) is 0 Å². The number of nitrogens with one attached hydrogen (secondary N) is 2. The predicted molar refractivity (Wildman–Crippen MR) is 112 cm³/mol. The largest absolute Gasteiger partial charge is 0.573 e. The van der Waals surface area contributed by atoms with Gasteiger partial charge >= 0.3 is 6.36 Å². The van der Waals surface area contributed by atoms with E-state index in [1.54, 1.807) is 30.5 Å². The van der Waals surface area contributed by atoms with Crippen LogP contribution in [0.25, 0.3) is 11.0 Å². The second-order valence-electron chi connectivity index (χ2n) is 6.55. The Morgan fingerprint density at radius 2 is 1.91 bits per heavy atom. The first-order valence-corrected chi connectivity index (χ1v) is 9.15. The third-order valence-corrected chi connectivity index (χ3v) is 4.29. The van der Waals surface area contributed by atoms with Crippen molar-refractivity contribution in [3.05, 3.63) is 77.7 Å². The van der Waals surface area contributed by atoms with Crippen molar-refractivity contribution in [2.45, 2.75) is 6.36 Å². The number of benzene rings is 2. The highest BCUT2D eigenvalue weighted by atomic mass is 19.4. The van der Waals surface area contributed by atoms with Gasteiger partial charge in [-0.3, -0.25) is 4.79 Å². The van der Waals surface area contributed by atoms with Gasteiger partial charge in [0.1, 0.15) is 23.5 Å². The molecule has 7 nitrogen and oxygen atoms in total. The Balaban J connectivity index is 1.53. The maximum Gasteiger partial charge on any atom is 0.573 e. The van der Waals surface area contributed by atoms with E-state index in [4.69, 9.17) is 5.73 Å². The fourth-order valence-electron chi connectivity index (χ4n) is 2.94. The lowest BCUT2D eigenvalue weighted by Crippen LogP contribution is -2.18. The molecule has 0 aliphatic carbocycles. The average Bonchev–Trinajstić information content (AvgIpc) is 3.16. The van der Waals surface area contributed by atoms with Crippen LogP contribution in [0.5, 0.6) is 5.75 Å². The van der Waals surface area contributed by atoms with E-state index >= 15 is 0 Å². The first kappa shape index (κ1) is 20.7. The van der Waals surface area contributed by atoms with Gasteiger partial charge in [-0.1, -0.05) is 24.0 Å². The normalized spacial score (nSPS) is 11.0. The second-order valence-corrected chi connectivity index (χ2v) is 6.55. The summed E-state index contributed by atoms with van der Waals surface area (Å²) in [5.74, 6) is 5.20. The molecule has 1 amide bonds. The number of nitrogens with zero attached hydrogens (tertiary/aromatic N) is 2. The number of aromatic nitrogens is 3. The van der Waals surface area contributed by atoms with E-state index in [-0.39, 0.29) is 5.56 Å². The zero-order chi connectivity index (χ0) is 22.7. The van der Waals surface area contributed by atoms with Crippen LogP contribution >= 0.6 is 0 Å². The summed E-state index contributed by atoms with van der Waals surface area (Å²) in [4.78, 5) is 23.5. The fourth-order valence-corrected chi connectivity index (χ4v) is 2.94. The van der Waals surface area contributed by atoms with Crippen LogP contribution in [0.4, 0.5) is 24.7 Å². The molecule has 4 aromatic rings. The summed E-state index contributed by atoms with van der Waals surface area (Å²) in [6.45, 7) is 0. The summed E-state index contributed by atoms with van der Waals surface area (Å²) >= 11 is 0. The third-order valence-electron chi connectivity index (χ3n) is 4.29. The lowest BCUT2D eigenvalue weighted by Gasteiger charge is -2.10. The molecular weight excluding hydrogens is 423 g/mol. The summed E-state index contributed by atoms with van der Waals surface area (Å²) in [7, 11) is 0. The number of carbonyl (C=O) groups is 1. The maximum atomic E-state index is 12.5. The highest BCUT2D eigenvalue weighted by Gasteiger charge is 2.31. The number of hydrogen-bond acceptors (Lipinski definition) is 5. The second kappa shape index (κ2) is 8.31. The maximum absolute atomic E-state index is 12.5. The zero-order valence-electron chi connectivity index (χ0n) is 16.2. The average molecular weight is 437 g/mol. The number of amides is 1. The number of rotatable bonds is 3. The number of nitrogen functional groups attached to an aromatic ring is 1. The quantitative estimate of drug-likeness (QED) is 0.419. The van der Waals surface area contributed by atoms with Crippen LogP contribution in [-0.2, 0) is 0 Å². The standard InChI is InChI=1S/C22H14F3N5O2/c23-22(24,25)32-17-6-2-4-14(10-17)21(31)30-16-5-1-3-13(9-16)7-8-15-11-27-20-18(15)19(26)28-12-29-20/h1-6,9-12H,(H,30,31)(H3,26,27,28,29). The number of anilines is 2. The molecule has 10 heteroatoms. The molecule has 0 saturated carbocycles. The molecule has 2 aromatic heterocycles. The van der Waals surface area contributed by atoms with Crippen LogP contribution in [0.3, 0.4) is 0 Å². The van der Waals surface area contributed by atoms with Crippen LogP contribution < -0.4 is 15.8 Å². The van der Waals surface area contributed by atoms with Crippen molar-refractivity contribution < 1.29 is 22.7 Å². The SMILES string of the molecule is Nc1ncnc2[nH]cc(C#Cc3cccc(NC(=O)c4cccc(OC(F)(F)F)c4)c3)c12. The number of ether oxygens (including phenoxy) is 1. The van der Waals surface area contributed by atoms with Crippen LogP contribution in [0.2, 0.25) is 0 Å². The smallest absolute Gasteiger partial charge is 0.406 e. The van der Waals surface area contributed by atoms with Crippen molar-refractivity contribution in [1.29, 1.82) is 0 Å². The van der Waals surface area contributed by atoms with Crippen LogP contribution in [0.15, 0.2) is 61.1 Å². The summed E-state index contributed by atoms with van der Waals surface area (Å²) in [5, 5.41) is 3.25. The van der Waals surface area contributed by atoms with Crippen molar-refractivity contribution in [2.75, 3.05) is 11.1 Å². The molecular formula is C22H14F3N5O2. The number of nitrogens with two attached hydrogens (primary N) is 1. The van der Waals surface area contributed by atoms with Gasteiger partial charge in [-0.2, -0.15) is 0 Å². The lowest BCUT2D eigenvalue weighted by atomic mass is 10.1. The fraction of sp³-hybridized carbons (Fsp3) is 0.0455. The Hall–Kier alpha value is -4.52. The molecule has 0 spiro atoms. The zero-order valence-corrected chi connectivity index (χ0v) is 16.2. The Bertz CT molecular complexity index is 1370. The summed E-state index contributed by atoms with van der Waals surface area (Å²) in [6, 6.07) is 11.5. The van der Waals surface area contributed by atoms with Crippen LogP contribution in [-0.4, -0.2) is 27.2 Å². The van der Waals surface area contributed by atoms with Gasteiger partial charge in [0, 0.05) is 23.0 Å². The highest BCUT2D eigenvalue weighted by Crippen LogP contribution is 2.24. The minimum Gasteiger partial charge on any atom is -0.406 e. The molecule has 160 valence electrons. The molecule has 0 bridgehead atoms. The molecule has 2 aromatic carbocycles. The number of hydrogen-bond donors (Lipinski definition) is 3. The van der Waals surface area contributed by atoms with Crippen molar-refractivity contribution in [1.82, 2.24) is 15.0 Å². The summed E-state index contributed by atoms with van der Waals surface area (Å²) in [6.07, 6.45) is -1.82. The Morgan fingerprint density at radius 1 is 1.09 bits per heavy atom. The lowest BCUT2D eigenvalue weighted by molar-refractivity contribution is -0.274. The van der Waals surface area contributed by atoms with Crippen LogP contribution in [0.1, 0.15) is 21.5 Å². The number of halogens is 3. The first-order valence-electron chi connectivity index (χ1n) is 9.15. The molecule has 32 heavy (non-hydrogen) atoms. The van der Waals surface area contributed by atoms with E-state index in [1.165, 1.54) is 18.5 Å². The molecule has 0 unspecified atom stereocenters. The summed E-state index contributed by atoms with van der Waals surface area (Å²) < 4.78 is 41.0. The van der Waals surface area contributed by atoms with Gasteiger partial charge in [0.25, 0.3) is 5.91 Å². The molecule has 0 atom stereocenters. The topological polar surface area (TPSA) is 106 Å². The first-order chi connectivity index (χ1) is 15.3. The Kier molecular flexibility index (Phi) is 5.39. The van der Waals surface area contributed by atoms with E-state index in [0.717, 1.165) is 12.1 Å². The van der Waals surface area contributed by atoms with Gasteiger partial charge in [0.2, 0.25) is 0 Å². The predicted octanol–water partition coefficient (Wildman–Crippen LogP) is 4.09. The minimum atomic E-state index is -4.84. The monoisotopic (exact) mass is 437 g/mol. The number of alkyl halides is 3. The van der Waals surface area contributed by atoms with Crippen molar-refractivity contribution >= 4 is 28.4 Å². The molecule has 0 radical (unpaired) electrons. The minimum absolute atomic E-state index is 0.0116. The van der Waals surface area contributed by atoms with Gasteiger partial charge in [-0.05, 0) is 36.4 Å². The van der Waals surface area contributed by atoms with E-state index < -0.39 is 18.0 Å². The number of fused-ring (bicyclic) bond motifs is 1. The summed E-state index contributed by atoms with van der Waals surface area (Å²) in [5.41, 5.74) is 8.11. The number of aromatic amines is 1. The molecule has 4 rings (SSSR count).